The highest BCUT2D eigenvalue weighted by Crippen LogP contribution is 2.19. The Hall–Kier alpha value is -0.860. The van der Waals surface area contributed by atoms with Crippen molar-refractivity contribution in [3.8, 4) is 0 Å². The van der Waals surface area contributed by atoms with Gasteiger partial charge in [0, 0.05) is 25.2 Å². The minimum atomic E-state index is 0.588. The number of benzene rings is 1. The summed E-state index contributed by atoms with van der Waals surface area (Å²) in [6.45, 7) is 7.93. The number of hydrogen-bond acceptors (Lipinski definition) is 2. The van der Waals surface area contributed by atoms with Crippen LogP contribution >= 0.6 is 0 Å². The fraction of sp³-hybridized carbons (Fsp3) is 0.625. The van der Waals surface area contributed by atoms with Gasteiger partial charge in [-0.1, -0.05) is 50.6 Å². The van der Waals surface area contributed by atoms with Gasteiger partial charge < -0.3 is 5.32 Å². The van der Waals surface area contributed by atoms with Crippen LogP contribution in [0.15, 0.2) is 30.3 Å². The molecule has 1 aliphatic rings. The third kappa shape index (κ3) is 4.11. The maximum atomic E-state index is 3.59. The monoisotopic (exact) mass is 246 g/mol. The molecule has 1 N–H and O–H groups in total. The Balaban J connectivity index is 1.91. The smallest absolute Gasteiger partial charge is 0.0237 e. The molecule has 1 aromatic rings. The minimum Gasteiger partial charge on any atom is -0.313 e. The van der Waals surface area contributed by atoms with E-state index >= 15 is 0 Å². The number of piperidine rings is 1. The lowest BCUT2D eigenvalue weighted by molar-refractivity contribution is 0.136. The number of rotatable bonds is 5. The first-order valence-corrected chi connectivity index (χ1v) is 7.27. The Bertz CT molecular complexity index is 334. The predicted molar refractivity (Wildman–Crippen MR) is 77.6 cm³/mol. The molecule has 1 saturated heterocycles. The predicted octanol–water partition coefficient (Wildman–Crippen LogP) is 3.04. The van der Waals surface area contributed by atoms with Gasteiger partial charge in [0.1, 0.15) is 0 Å². The molecule has 1 heterocycles. The van der Waals surface area contributed by atoms with E-state index in [0.29, 0.717) is 12.1 Å². The molecule has 0 saturated carbocycles. The topological polar surface area (TPSA) is 15.3 Å². The van der Waals surface area contributed by atoms with Crippen molar-refractivity contribution in [2.75, 3.05) is 13.1 Å². The first-order valence-electron chi connectivity index (χ1n) is 7.27. The van der Waals surface area contributed by atoms with E-state index in [1.165, 1.54) is 31.4 Å². The molecule has 1 aromatic carbocycles. The normalized spacial score (nSPS) is 21.4. The highest BCUT2D eigenvalue weighted by molar-refractivity contribution is 5.14. The quantitative estimate of drug-likeness (QED) is 0.859. The number of likely N-dealkylation sites (tertiary alicyclic amines) is 1. The molecular formula is C16H26N2. The zero-order valence-electron chi connectivity index (χ0n) is 11.7. The molecule has 0 bridgehead atoms. The Morgan fingerprint density at radius 3 is 2.72 bits per heavy atom. The zero-order chi connectivity index (χ0) is 12.8. The molecule has 1 aliphatic heterocycles. The van der Waals surface area contributed by atoms with E-state index in [4.69, 9.17) is 0 Å². The summed E-state index contributed by atoms with van der Waals surface area (Å²) in [5.41, 5.74) is 1.44. The van der Waals surface area contributed by atoms with Gasteiger partial charge in [-0.25, -0.2) is 0 Å². The standard InChI is InChI=1S/C16H26N2/c1-14(2)17-12-16-10-6-7-11-18(16)13-15-8-4-3-5-9-15/h3-5,8-9,14,16-17H,6-7,10-13H2,1-2H3/t16-/m1/s1. The molecule has 0 aromatic heterocycles. The molecule has 2 heteroatoms. The van der Waals surface area contributed by atoms with Crippen molar-refractivity contribution in [2.24, 2.45) is 0 Å². The van der Waals surface area contributed by atoms with Gasteiger partial charge in [0.25, 0.3) is 0 Å². The van der Waals surface area contributed by atoms with Crippen LogP contribution in [0.5, 0.6) is 0 Å². The summed E-state index contributed by atoms with van der Waals surface area (Å²) in [4.78, 5) is 2.65. The van der Waals surface area contributed by atoms with E-state index in [1.54, 1.807) is 0 Å². The van der Waals surface area contributed by atoms with E-state index in [9.17, 15) is 0 Å². The van der Waals surface area contributed by atoms with Crippen LogP contribution < -0.4 is 5.32 Å². The molecule has 2 nitrogen and oxygen atoms in total. The largest absolute Gasteiger partial charge is 0.313 e. The molecule has 100 valence electrons. The second-order valence-electron chi connectivity index (χ2n) is 5.67. The van der Waals surface area contributed by atoms with E-state index in [-0.39, 0.29) is 0 Å². The first kappa shape index (κ1) is 13.6. The molecule has 0 spiro atoms. The van der Waals surface area contributed by atoms with Crippen molar-refractivity contribution in [3.05, 3.63) is 35.9 Å². The molecular weight excluding hydrogens is 220 g/mol. The fourth-order valence-electron chi connectivity index (χ4n) is 2.69. The van der Waals surface area contributed by atoms with Crippen LogP contribution in [0.4, 0.5) is 0 Å². The molecule has 0 aliphatic carbocycles. The van der Waals surface area contributed by atoms with Gasteiger partial charge in [-0.2, -0.15) is 0 Å². The van der Waals surface area contributed by atoms with Gasteiger partial charge in [0.05, 0.1) is 0 Å². The van der Waals surface area contributed by atoms with Crippen LogP contribution in [-0.2, 0) is 6.54 Å². The first-order chi connectivity index (χ1) is 8.75. The van der Waals surface area contributed by atoms with Crippen molar-refractivity contribution < 1.29 is 0 Å². The van der Waals surface area contributed by atoms with Crippen molar-refractivity contribution in [3.63, 3.8) is 0 Å². The Kier molecular flexibility index (Phi) is 5.21. The van der Waals surface area contributed by atoms with Crippen LogP contribution in [0, 0.1) is 0 Å². The van der Waals surface area contributed by atoms with Gasteiger partial charge in [-0.3, -0.25) is 4.90 Å². The van der Waals surface area contributed by atoms with Crippen LogP contribution in [0.25, 0.3) is 0 Å². The highest BCUT2D eigenvalue weighted by atomic mass is 15.2. The van der Waals surface area contributed by atoms with Crippen molar-refractivity contribution in [1.82, 2.24) is 10.2 Å². The minimum absolute atomic E-state index is 0.588. The third-order valence-electron chi connectivity index (χ3n) is 3.74. The maximum Gasteiger partial charge on any atom is 0.0237 e. The van der Waals surface area contributed by atoms with Crippen LogP contribution in [0.1, 0.15) is 38.7 Å². The number of nitrogens with zero attached hydrogens (tertiary/aromatic N) is 1. The Morgan fingerprint density at radius 2 is 2.00 bits per heavy atom. The lowest BCUT2D eigenvalue weighted by Crippen LogP contribution is -2.46. The van der Waals surface area contributed by atoms with Crippen molar-refractivity contribution in [2.45, 2.75) is 51.7 Å². The molecule has 1 atom stereocenters. The van der Waals surface area contributed by atoms with E-state index in [0.717, 1.165) is 13.1 Å². The number of hydrogen-bond donors (Lipinski definition) is 1. The zero-order valence-corrected chi connectivity index (χ0v) is 11.7. The molecule has 18 heavy (non-hydrogen) atoms. The lowest BCUT2D eigenvalue weighted by Gasteiger charge is -2.36. The van der Waals surface area contributed by atoms with Gasteiger partial charge in [-0.05, 0) is 24.9 Å². The molecule has 1 fully saturated rings. The second-order valence-corrected chi connectivity index (χ2v) is 5.67. The Labute approximate surface area is 111 Å². The van der Waals surface area contributed by atoms with Crippen LogP contribution in [-0.4, -0.2) is 30.1 Å². The Morgan fingerprint density at radius 1 is 1.22 bits per heavy atom. The number of nitrogens with one attached hydrogen (secondary N) is 1. The molecule has 2 rings (SSSR count). The fourth-order valence-corrected chi connectivity index (χ4v) is 2.69. The summed E-state index contributed by atoms with van der Waals surface area (Å²) >= 11 is 0. The average Bonchev–Trinajstić information content (AvgIpc) is 2.39. The summed E-state index contributed by atoms with van der Waals surface area (Å²) in [6.07, 6.45) is 4.08. The summed E-state index contributed by atoms with van der Waals surface area (Å²) in [7, 11) is 0. The molecule has 0 radical (unpaired) electrons. The summed E-state index contributed by atoms with van der Waals surface area (Å²) in [5, 5.41) is 3.59. The van der Waals surface area contributed by atoms with E-state index in [2.05, 4.69) is 54.4 Å². The average molecular weight is 246 g/mol. The van der Waals surface area contributed by atoms with Crippen LogP contribution in [0.2, 0.25) is 0 Å². The lowest BCUT2D eigenvalue weighted by atomic mass is 10.0. The summed E-state index contributed by atoms with van der Waals surface area (Å²) < 4.78 is 0. The summed E-state index contributed by atoms with van der Waals surface area (Å²) in [6, 6.07) is 12.1. The SMILES string of the molecule is CC(C)NC[C@H]1CCCCN1Cc1ccccc1. The van der Waals surface area contributed by atoms with E-state index < -0.39 is 0 Å². The van der Waals surface area contributed by atoms with Crippen LogP contribution in [0.3, 0.4) is 0 Å². The molecule has 0 amide bonds. The third-order valence-corrected chi connectivity index (χ3v) is 3.74. The maximum absolute atomic E-state index is 3.59. The van der Waals surface area contributed by atoms with Crippen molar-refractivity contribution in [1.29, 1.82) is 0 Å². The second kappa shape index (κ2) is 6.91. The van der Waals surface area contributed by atoms with Gasteiger partial charge in [0.15, 0.2) is 0 Å². The molecule has 0 unspecified atom stereocenters. The summed E-state index contributed by atoms with van der Waals surface area (Å²) in [5.74, 6) is 0. The van der Waals surface area contributed by atoms with Gasteiger partial charge in [0.2, 0.25) is 0 Å². The van der Waals surface area contributed by atoms with Gasteiger partial charge in [-0.15, -0.1) is 0 Å². The van der Waals surface area contributed by atoms with Gasteiger partial charge >= 0.3 is 0 Å². The van der Waals surface area contributed by atoms with E-state index in [1.807, 2.05) is 0 Å². The van der Waals surface area contributed by atoms with Crippen molar-refractivity contribution >= 4 is 0 Å². The highest BCUT2D eigenvalue weighted by Gasteiger charge is 2.22.